The van der Waals surface area contributed by atoms with Crippen LogP contribution in [0, 0.1) is 0 Å². The number of hydrogen-bond donors (Lipinski definition) is 1. The fourth-order valence-electron chi connectivity index (χ4n) is 4.86. The van der Waals surface area contributed by atoms with Gasteiger partial charge in [0.2, 0.25) is 11.7 Å². The summed E-state index contributed by atoms with van der Waals surface area (Å²) in [5, 5.41) is 0.968. The SMILES string of the molecule is COc1nc2ccccc2cc1-c1cnc(C(C=NC(=O)c2nc3ccccc3o2)CCCCCC(=O)c2ncco2)[nH]1. The van der Waals surface area contributed by atoms with Crippen LogP contribution in [0.4, 0.5) is 0 Å². The highest BCUT2D eigenvalue weighted by Crippen LogP contribution is 2.32. The van der Waals surface area contributed by atoms with Crippen LogP contribution in [-0.2, 0) is 0 Å². The molecule has 0 spiro atoms. The molecule has 0 radical (unpaired) electrons. The molecule has 0 saturated heterocycles. The number of H-pyrrole nitrogens is 1. The van der Waals surface area contributed by atoms with Gasteiger partial charge in [-0.05, 0) is 37.1 Å². The van der Waals surface area contributed by atoms with Gasteiger partial charge in [0, 0.05) is 18.0 Å². The molecule has 11 nitrogen and oxygen atoms in total. The summed E-state index contributed by atoms with van der Waals surface area (Å²) in [6, 6.07) is 17.0. The summed E-state index contributed by atoms with van der Waals surface area (Å²) in [7, 11) is 1.58. The molecule has 43 heavy (non-hydrogen) atoms. The van der Waals surface area contributed by atoms with Gasteiger partial charge >= 0.3 is 5.91 Å². The third-order valence-corrected chi connectivity index (χ3v) is 7.06. The van der Waals surface area contributed by atoms with Gasteiger partial charge in [-0.25, -0.2) is 24.9 Å². The molecule has 4 aromatic heterocycles. The number of aromatic amines is 1. The average molecular weight is 577 g/mol. The maximum absolute atomic E-state index is 12.9. The van der Waals surface area contributed by atoms with Crippen molar-refractivity contribution in [1.82, 2.24) is 24.9 Å². The Morgan fingerprint density at radius 3 is 2.65 bits per heavy atom. The first-order valence-corrected chi connectivity index (χ1v) is 13.9. The van der Waals surface area contributed by atoms with Gasteiger partial charge in [-0.2, -0.15) is 0 Å². The monoisotopic (exact) mass is 576 g/mol. The Labute approximate surface area is 246 Å². The number of amides is 1. The Bertz CT molecular complexity index is 1870. The zero-order valence-corrected chi connectivity index (χ0v) is 23.4. The fraction of sp³-hybridized carbons (Fsp3) is 0.219. The van der Waals surface area contributed by atoms with Gasteiger partial charge in [0.1, 0.15) is 17.6 Å². The second kappa shape index (κ2) is 12.6. The van der Waals surface area contributed by atoms with E-state index < -0.39 is 5.91 Å². The molecule has 6 rings (SSSR count). The predicted molar refractivity (Wildman–Crippen MR) is 159 cm³/mol. The molecule has 1 unspecified atom stereocenters. The van der Waals surface area contributed by atoms with E-state index >= 15 is 0 Å². The van der Waals surface area contributed by atoms with E-state index in [-0.39, 0.29) is 23.5 Å². The average Bonchev–Trinajstić information content (AvgIpc) is 3.82. The van der Waals surface area contributed by atoms with Crippen molar-refractivity contribution in [1.29, 1.82) is 0 Å². The number of unbranched alkanes of at least 4 members (excludes halogenated alkanes) is 2. The zero-order valence-electron chi connectivity index (χ0n) is 23.4. The molecular formula is C32H28N6O5. The Balaban J connectivity index is 1.21. The molecule has 4 heterocycles. The topological polar surface area (TPSA) is 149 Å². The molecule has 0 bridgehead atoms. The van der Waals surface area contributed by atoms with Crippen molar-refractivity contribution in [2.45, 2.75) is 38.0 Å². The summed E-state index contributed by atoms with van der Waals surface area (Å²) >= 11 is 0. The van der Waals surface area contributed by atoms with Crippen LogP contribution in [0.3, 0.4) is 0 Å². The van der Waals surface area contributed by atoms with Crippen molar-refractivity contribution in [3.05, 3.63) is 90.9 Å². The van der Waals surface area contributed by atoms with Gasteiger partial charge in [0.25, 0.3) is 11.8 Å². The van der Waals surface area contributed by atoms with Gasteiger partial charge in [-0.15, -0.1) is 0 Å². The standard InChI is InChI=1S/C32H28N6O5/c1-41-30-22(17-20-9-5-6-11-23(20)37-30)25-19-34-28(36-25)21(10-3-2-4-13-26(39)31-33-15-16-42-31)18-35-29(40)32-38-24-12-7-8-14-27(24)43-32/h5-9,11-12,14-19,21H,2-4,10,13H2,1H3,(H,34,36). The molecule has 0 aliphatic heterocycles. The quantitative estimate of drug-likeness (QED) is 0.0966. The number of Topliss-reactive ketones (excluding diaryl/α,β-unsaturated/α-hetero) is 1. The number of ether oxygens (including phenoxy) is 1. The molecule has 1 amide bonds. The minimum Gasteiger partial charge on any atom is -0.480 e. The Hall–Kier alpha value is -5.45. The van der Waals surface area contributed by atoms with E-state index in [0.717, 1.165) is 35.0 Å². The van der Waals surface area contributed by atoms with Crippen molar-refractivity contribution in [3.63, 3.8) is 0 Å². The largest absolute Gasteiger partial charge is 0.480 e. The molecule has 11 heteroatoms. The minimum absolute atomic E-state index is 0.0756. The van der Waals surface area contributed by atoms with Crippen LogP contribution < -0.4 is 4.74 Å². The number of nitrogens with one attached hydrogen (secondary N) is 1. The molecule has 0 aliphatic rings. The lowest BCUT2D eigenvalue weighted by molar-refractivity contribution is 0.0943. The van der Waals surface area contributed by atoms with E-state index in [1.165, 1.54) is 12.5 Å². The summed E-state index contributed by atoms with van der Waals surface area (Å²) in [5.41, 5.74) is 3.43. The number of aromatic nitrogens is 5. The molecule has 0 aliphatic carbocycles. The third-order valence-electron chi connectivity index (χ3n) is 7.06. The highest BCUT2D eigenvalue weighted by atomic mass is 16.5. The van der Waals surface area contributed by atoms with Gasteiger partial charge in [-0.3, -0.25) is 9.59 Å². The predicted octanol–water partition coefficient (Wildman–Crippen LogP) is 6.59. The Kier molecular flexibility index (Phi) is 8.12. The van der Waals surface area contributed by atoms with E-state index in [9.17, 15) is 9.59 Å². The van der Waals surface area contributed by atoms with Crippen molar-refractivity contribution >= 4 is 39.9 Å². The maximum Gasteiger partial charge on any atom is 0.332 e. The second-order valence-electron chi connectivity index (χ2n) is 9.96. The van der Waals surface area contributed by atoms with E-state index in [1.54, 1.807) is 31.7 Å². The van der Waals surface area contributed by atoms with Crippen LogP contribution in [-0.4, -0.2) is 49.9 Å². The molecule has 1 N–H and O–H groups in total. The maximum atomic E-state index is 12.9. The van der Waals surface area contributed by atoms with Crippen LogP contribution in [0.1, 0.15) is 65.2 Å². The molecule has 216 valence electrons. The smallest absolute Gasteiger partial charge is 0.332 e. The van der Waals surface area contributed by atoms with Gasteiger partial charge in [-0.1, -0.05) is 43.2 Å². The zero-order chi connectivity index (χ0) is 29.6. The number of hydrogen-bond acceptors (Lipinski definition) is 9. The number of imidazole rings is 1. The first kappa shape index (κ1) is 27.7. The third kappa shape index (κ3) is 6.25. The summed E-state index contributed by atoms with van der Waals surface area (Å²) in [6.45, 7) is 0. The van der Waals surface area contributed by atoms with Crippen molar-refractivity contribution in [3.8, 4) is 17.1 Å². The molecular weight excluding hydrogens is 548 g/mol. The van der Waals surface area contributed by atoms with Gasteiger partial charge in [0.15, 0.2) is 5.58 Å². The molecule has 1 atom stereocenters. The number of carbonyl (C=O) groups is 2. The van der Waals surface area contributed by atoms with Crippen LogP contribution >= 0.6 is 0 Å². The normalized spacial score (nSPS) is 12.3. The number of fused-ring (bicyclic) bond motifs is 2. The van der Waals surface area contributed by atoms with E-state index in [0.29, 0.717) is 42.1 Å². The van der Waals surface area contributed by atoms with Crippen molar-refractivity contribution < 1.29 is 23.2 Å². The second-order valence-corrected chi connectivity index (χ2v) is 9.96. The summed E-state index contributed by atoms with van der Waals surface area (Å²) < 4.78 is 16.3. The lowest BCUT2D eigenvalue weighted by Crippen LogP contribution is -2.06. The number of rotatable bonds is 12. The number of oxazole rings is 2. The molecule has 0 fully saturated rings. The number of pyridine rings is 1. The highest BCUT2D eigenvalue weighted by molar-refractivity contribution is 5.98. The molecule has 0 saturated carbocycles. The van der Waals surface area contributed by atoms with Crippen molar-refractivity contribution in [2.75, 3.05) is 7.11 Å². The van der Waals surface area contributed by atoms with E-state index in [2.05, 4.69) is 29.9 Å². The highest BCUT2D eigenvalue weighted by Gasteiger charge is 2.19. The molecule has 6 aromatic rings. The number of benzene rings is 2. The Morgan fingerprint density at radius 2 is 1.84 bits per heavy atom. The number of ketones is 1. The number of para-hydroxylation sites is 3. The molecule has 2 aromatic carbocycles. The van der Waals surface area contributed by atoms with Crippen LogP contribution in [0.15, 0.2) is 87.1 Å². The lowest BCUT2D eigenvalue weighted by atomic mass is 10.0. The number of aliphatic imine (C=N–C) groups is 1. The van der Waals surface area contributed by atoms with Gasteiger partial charge in [0.05, 0.1) is 42.2 Å². The van der Waals surface area contributed by atoms with Crippen LogP contribution in [0.2, 0.25) is 0 Å². The number of methoxy groups -OCH3 is 1. The van der Waals surface area contributed by atoms with E-state index in [4.69, 9.17) is 13.6 Å². The van der Waals surface area contributed by atoms with Crippen molar-refractivity contribution in [2.24, 2.45) is 4.99 Å². The summed E-state index contributed by atoms with van der Waals surface area (Å²) in [4.78, 5) is 50.1. The van der Waals surface area contributed by atoms with Crippen LogP contribution in [0.25, 0.3) is 33.3 Å². The summed E-state index contributed by atoms with van der Waals surface area (Å²) in [6.07, 6.45) is 9.36. The minimum atomic E-state index is -0.579. The first-order valence-electron chi connectivity index (χ1n) is 13.9. The first-order chi connectivity index (χ1) is 21.1. The number of nitrogens with zero attached hydrogens (tertiary/aromatic N) is 5. The lowest BCUT2D eigenvalue weighted by Gasteiger charge is -2.10. The van der Waals surface area contributed by atoms with Gasteiger partial charge < -0.3 is 18.6 Å². The Morgan fingerprint density at radius 1 is 1.00 bits per heavy atom. The fourth-order valence-corrected chi connectivity index (χ4v) is 4.86. The summed E-state index contributed by atoms with van der Waals surface area (Å²) in [5.74, 6) is 0.142. The van der Waals surface area contributed by atoms with E-state index in [1.807, 2.05) is 42.5 Å². The van der Waals surface area contributed by atoms with Crippen LogP contribution in [0.5, 0.6) is 5.88 Å². The number of carbonyl (C=O) groups excluding carboxylic acids is 2.